The van der Waals surface area contributed by atoms with Crippen LogP contribution in [0.15, 0.2) is 0 Å². The number of carbonyl (C=O) groups is 2. The monoisotopic (exact) mass is 214 g/mol. The Morgan fingerprint density at radius 1 is 1.60 bits per heavy atom. The zero-order valence-electron chi connectivity index (χ0n) is 9.12. The standard InChI is InChI=1S/C9H18N4O2/c1-6-5-11-3-4-13(6)8(14)7(2)12-9(10)15/h6-7,11H,3-5H2,1-2H3,(H3,10,12,15)/t6-,7?/m1/s1. The van der Waals surface area contributed by atoms with E-state index in [9.17, 15) is 9.59 Å². The van der Waals surface area contributed by atoms with Gasteiger partial charge in [-0.2, -0.15) is 0 Å². The number of nitrogens with one attached hydrogen (secondary N) is 2. The van der Waals surface area contributed by atoms with Crippen LogP contribution in [0.5, 0.6) is 0 Å². The normalized spacial score (nSPS) is 23.3. The molecular weight excluding hydrogens is 196 g/mol. The van der Waals surface area contributed by atoms with Gasteiger partial charge in [0.15, 0.2) is 0 Å². The maximum absolute atomic E-state index is 11.9. The summed E-state index contributed by atoms with van der Waals surface area (Å²) < 4.78 is 0. The predicted octanol–water partition coefficient (Wildman–Crippen LogP) is -1.14. The van der Waals surface area contributed by atoms with Crippen LogP contribution < -0.4 is 16.4 Å². The van der Waals surface area contributed by atoms with Crippen LogP contribution in [0.3, 0.4) is 0 Å². The SMILES string of the molecule is CC(NC(N)=O)C(=O)N1CCNC[C@H]1C. The third-order valence-electron chi connectivity index (χ3n) is 2.51. The van der Waals surface area contributed by atoms with Crippen molar-refractivity contribution in [3.8, 4) is 0 Å². The highest BCUT2D eigenvalue weighted by Gasteiger charge is 2.27. The summed E-state index contributed by atoms with van der Waals surface area (Å²) in [6.07, 6.45) is 0. The van der Waals surface area contributed by atoms with Gasteiger partial charge in [0.05, 0.1) is 0 Å². The Morgan fingerprint density at radius 2 is 2.27 bits per heavy atom. The zero-order chi connectivity index (χ0) is 11.4. The van der Waals surface area contributed by atoms with E-state index in [0.29, 0.717) is 6.54 Å². The maximum atomic E-state index is 11.9. The Bertz CT molecular complexity index is 256. The number of primary amides is 1. The van der Waals surface area contributed by atoms with Crippen molar-refractivity contribution in [1.82, 2.24) is 15.5 Å². The molecule has 86 valence electrons. The highest BCUT2D eigenvalue weighted by molar-refractivity contribution is 5.86. The van der Waals surface area contributed by atoms with Crippen LogP contribution >= 0.6 is 0 Å². The number of nitrogens with zero attached hydrogens (tertiary/aromatic N) is 1. The number of hydrogen-bond acceptors (Lipinski definition) is 3. The Kier molecular flexibility index (Phi) is 3.90. The van der Waals surface area contributed by atoms with E-state index in [1.165, 1.54) is 0 Å². The van der Waals surface area contributed by atoms with Gasteiger partial charge in [0.25, 0.3) is 0 Å². The summed E-state index contributed by atoms with van der Waals surface area (Å²) in [4.78, 5) is 24.2. The predicted molar refractivity (Wildman–Crippen MR) is 56.2 cm³/mol. The maximum Gasteiger partial charge on any atom is 0.312 e. The van der Waals surface area contributed by atoms with Crippen LogP contribution in [0, 0.1) is 0 Å². The number of piperazine rings is 1. The largest absolute Gasteiger partial charge is 0.352 e. The molecule has 1 heterocycles. The van der Waals surface area contributed by atoms with Gasteiger partial charge in [0, 0.05) is 25.7 Å². The summed E-state index contributed by atoms with van der Waals surface area (Å²) in [6.45, 7) is 5.86. The average Bonchev–Trinajstić information content (AvgIpc) is 2.16. The van der Waals surface area contributed by atoms with Gasteiger partial charge in [-0.15, -0.1) is 0 Å². The van der Waals surface area contributed by atoms with E-state index in [0.717, 1.165) is 13.1 Å². The average molecular weight is 214 g/mol. The van der Waals surface area contributed by atoms with Gasteiger partial charge < -0.3 is 21.3 Å². The Hall–Kier alpha value is -1.30. The molecule has 6 heteroatoms. The Morgan fingerprint density at radius 3 is 2.80 bits per heavy atom. The van der Waals surface area contributed by atoms with E-state index in [1.807, 2.05) is 6.92 Å². The van der Waals surface area contributed by atoms with Crippen LogP contribution in [0.1, 0.15) is 13.8 Å². The number of urea groups is 1. The molecule has 3 amide bonds. The van der Waals surface area contributed by atoms with Crippen molar-refractivity contribution in [2.75, 3.05) is 19.6 Å². The van der Waals surface area contributed by atoms with Gasteiger partial charge in [-0.3, -0.25) is 4.79 Å². The molecule has 0 aromatic rings. The lowest BCUT2D eigenvalue weighted by atomic mass is 10.2. The molecule has 2 atom stereocenters. The highest BCUT2D eigenvalue weighted by Crippen LogP contribution is 2.04. The number of nitrogens with two attached hydrogens (primary N) is 1. The van der Waals surface area contributed by atoms with Crippen molar-refractivity contribution in [2.45, 2.75) is 25.9 Å². The molecule has 0 aromatic carbocycles. The summed E-state index contributed by atoms with van der Waals surface area (Å²) >= 11 is 0. The molecule has 15 heavy (non-hydrogen) atoms. The smallest absolute Gasteiger partial charge is 0.312 e. The summed E-state index contributed by atoms with van der Waals surface area (Å²) in [5.41, 5.74) is 4.96. The lowest BCUT2D eigenvalue weighted by Gasteiger charge is -2.35. The van der Waals surface area contributed by atoms with E-state index in [1.54, 1.807) is 11.8 Å². The van der Waals surface area contributed by atoms with Crippen LogP contribution in [-0.2, 0) is 4.79 Å². The summed E-state index contributed by atoms with van der Waals surface area (Å²) in [5, 5.41) is 5.58. The van der Waals surface area contributed by atoms with Gasteiger partial charge in [0.1, 0.15) is 6.04 Å². The van der Waals surface area contributed by atoms with Crippen LogP contribution in [0.2, 0.25) is 0 Å². The zero-order valence-corrected chi connectivity index (χ0v) is 9.12. The minimum Gasteiger partial charge on any atom is -0.352 e. The molecule has 0 aliphatic carbocycles. The Balaban J connectivity index is 2.54. The molecule has 1 saturated heterocycles. The van der Waals surface area contributed by atoms with Gasteiger partial charge >= 0.3 is 6.03 Å². The molecule has 0 bridgehead atoms. The van der Waals surface area contributed by atoms with Gasteiger partial charge in [0.2, 0.25) is 5.91 Å². The van der Waals surface area contributed by atoms with Crippen LogP contribution in [0.25, 0.3) is 0 Å². The highest BCUT2D eigenvalue weighted by atomic mass is 16.2. The molecule has 0 radical (unpaired) electrons. The van der Waals surface area contributed by atoms with Crippen molar-refractivity contribution >= 4 is 11.9 Å². The first-order chi connectivity index (χ1) is 7.02. The molecule has 1 aliphatic heterocycles. The molecule has 1 fully saturated rings. The first kappa shape index (κ1) is 11.8. The molecule has 0 spiro atoms. The quantitative estimate of drug-likeness (QED) is 0.543. The topological polar surface area (TPSA) is 87.5 Å². The molecule has 1 rings (SSSR count). The molecule has 1 unspecified atom stereocenters. The van der Waals surface area contributed by atoms with E-state index < -0.39 is 12.1 Å². The summed E-state index contributed by atoms with van der Waals surface area (Å²) in [7, 11) is 0. The molecule has 1 aliphatic rings. The first-order valence-corrected chi connectivity index (χ1v) is 5.09. The summed E-state index contributed by atoms with van der Waals surface area (Å²) in [5.74, 6) is -0.0807. The van der Waals surface area contributed by atoms with Crippen molar-refractivity contribution in [3.05, 3.63) is 0 Å². The van der Waals surface area contributed by atoms with E-state index in [2.05, 4.69) is 10.6 Å². The number of rotatable bonds is 2. The van der Waals surface area contributed by atoms with E-state index in [4.69, 9.17) is 5.73 Å². The summed E-state index contributed by atoms with van der Waals surface area (Å²) in [6, 6.07) is -1.06. The van der Waals surface area contributed by atoms with Gasteiger partial charge in [-0.25, -0.2) is 4.79 Å². The third-order valence-corrected chi connectivity index (χ3v) is 2.51. The van der Waals surface area contributed by atoms with Crippen molar-refractivity contribution in [1.29, 1.82) is 0 Å². The first-order valence-electron chi connectivity index (χ1n) is 5.09. The fourth-order valence-corrected chi connectivity index (χ4v) is 1.69. The molecule has 0 aromatic heterocycles. The van der Waals surface area contributed by atoms with Crippen LogP contribution in [0.4, 0.5) is 4.79 Å². The fourth-order valence-electron chi connectivity index (χ4n) is 1.69. The van der Waals surface area contributed by atoms with Crippen molar-refractivity contribution in [2.24, 2.45) is 5.73 Å². The third kappa shape index (κ3) is 3.09. The second kappa shape index (κ2) is 4.97. The lowest BCUT2D eigenvalue weighted by Crippen LogP contribution is -2.57. The van der Waals surface area contributed by atoms with E-state index in [-0.39, 0.29) is 11.9 Å². The molecule has 0 saturated carbocycles. The fraction of sp³-hybridized carbons (Fsp3) is 0.778. The Labute approximate surface area is 89.2 Å². The minimum absolute atomic E-state index is 0.0807. The second-order valence-corrected chi connectivity index (χ2v) is 3.82. The molecule has 4 N–H and O–H groups in total. The molecule has 6 nitrogen and oxygen atoms in total. The van der Waals surface area contributed by atoms with Crippen LogP contribution in [-0.4, -0.2) is 48.6 Å². The number of carbonyl (C=O) groups excluding carboxylic acids is 2. The molecular formula is C9H18N4O2. The van der Waals surface area contributed by atoms with E-state index >= 15 is 0 Å². The van der Waals surface area contributed by atoms with Crippen molar-refractivity contribution < 1.29 is 9.59 Å². The lowest BCUT2D eigenvalue weighted by molar-refractivity contribution is -0.135. The van der Waals surface area contributed by atoms with Gasteiger partial charge in [-0.05, 0) is 13.8 Å². The number of amides is 3. The van der Waals surface area contributed by atoms with Gasteiger partial charge in [-0.1, -0.05) is 0 Å². The van der Waals surface area contributed by atoms with Crippen molar-refractivity contribution in [3.63, 3.8) is 0 Å². The minimum atomic E-state index is -0.668. The second-order valence-electron chi connectivity index (χ2n) is 3.82. The number of hydrogen-bond donors (Lipinski definition) is 3.